The number of carbonyl (C=O) groups excluding carboxylic acids is 1. The zero-order chi connectivity index (χ0) is 18.4. The van der Waals surface area contributed by atoms with Crippen LogP contribution in [-0.2, 0) is 11.3 Å². The molecule has 1 aromatic heterocycles. The van der Waals surface area contributed by atoms with Crippen LogP contribution in [0.3, 0.4) is 0 Å². The van der Waals surface area contributed by atoms with Crippen molar-refractivity contribution in [3.63, 3.8) is 0 Å². The van der Waals surface area contributed by atoms with E-state index in [0.29, 0.717) is 31.3 Å². The van der Waals surface area contributed by atoms with Gasteiger partial charge in [0.25, 0.3) is 5.91 Å². The Kier molecular flexibility index (Phi) is 5.87. The summed E-state index contributed by atoms with van der Waals surface area (Å²) in [4.78, 5) is 14.3. The standard InChI is InChI=1S/C18H23N3O5/c1-21-7-8-24-13-18(21,12-22)11-19-17(23)16-9-15(26-20-16)10-25-14-5-3-2-4-6-14/h2-6,9,22H,7-8,10-13H2,1H3,(H,19,23). The monoisotopic (exact) mass is 361 g/mol. The van der Waals surface area contributed by atoms with Gasteiger partial charge in [0.2, 0.25) is 0 Å². The van der Waals surface area contributed by atoms with E-state index in [1.54, 1.807) is 6.07 Å². The predicted molar refractivity (Wildman–Crippen MR) is 92.9 cm³/mol. The van der Waals surface area contributed by atoms with Gasteiger partial charge in [-0.15, -0.1) is 0 Å². The van der Waals surface area contributed by atoms with Gasteiger partial charge in [0.05, 0.1) is 25.4 Å². The average Bonchev–Trinajstić information content (AvgIpc) is 3.16. The number of carbonyl (C=O) groups is 1. The van der Waals surface area contributed by atoms with Gasteiger partial charge >= 0.3 is 0 Å². The quantitative estimate of drug-likeness (QED) is 0.748. The van der Waals surface area contributed by atoms with E-state index in [1.165, 1.54) is 0 Å². The van der Waals surface area contributed by atoms with Gasteiger partial charge in [-0.2, -0.15) is 0 Å². The molecule has 1 amide bonds. The van der Waals surface area contributed by atoms with Crippen molar-refractivity contribution < 1.29 is 23.9 Å². The Labute approximate surface area is 151 Å². The maximum atomic E-state index is 12.3. The number of amides is 1. The number of rotatable bonds is 7. The molecule has 1 unspecified atom stereocenters. The minimum absolute atomic E-state index is 0.112. The highest BCUT2D eigenvalue weighted by Gasteiger charge is 2.37. The molecular formula is C18H23N3O5. The van der Waals surface area contributed by atoms with Crippen LogP contribution in [0.15, 0.2) is 40.9 Å². The van der Waals surface area contributed by atoms with Crippen LogP contribution in [-0.4, -0.2) is 66.6 Å². The summed E-state index contributed by atoms with van der Waals surface area (Å²) < 4.78 is 16.2. The molecule has 1 aliphatic heterocycles. The number of hydrogen-bond donors (Lipinski definition) is 2. The van der Waals surface area contributed by atoms with Gasteiger partial charge in [-0.1, -0.05) is 23.4 Å². The molecular weight excluding hydrogens is 338 g/mol. The van der Waals surface area contributed by atoms with E-state index in [2.05, 4.69) is 10.5 Å². The number of benzene rings is 1. The molecule has 140 valence electrons. The lowest BCUT2D eigenvalue weighted by Crippen LogP contribution is -2.63. The summed E-state index contributed by atoms with van der Waals surface area (Å²) in [6.45, 7) is 1.98. The number of para-hydroxylation sites is 1. The topological polar surface area (TPSA) is 97.1 Å². The smallest absolute Gasteiger partial charge is 0.273 e. The van der Waals surface area contributed by atoms with E-state index in [1.807, 2.05) is 42.3 Å². The molecule has 1 fully saturated rings. The molecule has 1 aliphatic rings. The molecule has 0 bridgehead atoms. The van der Waals surface area contributed by atoms with Crippen molar-refractivity contribution in [3.05, 3.63) is 47.9 Å². The molecule has 0 spiro atoms. The molecule has 0 radical (unpaired) electrons. The Balaban J connectivity index is 1.54. The highest BCUT2D eigenvalue weighted by atomic mass is 16.5. The van der Waals surface area contributed by atoms with Crippen molar-refractivity contribution >= 4 is 5.91 Å². The number of morpholine rings is 1. The normalized spacial score (nSPS) is 20.7. The molecule has 2 heterocycles. The summed E-state index contributed by atoms with van der Waals surface area (Å²) in [5, 5.41) is 16.3. The summed E-state index contributed by atoms with van der Waals surface area (Å²) in [6.07, 6.45) is 0. The van der Waals surface area contributed by atoms with E-state index in [4.69, 9.17) is 14.0 Å². The number of hydrogen-bond acceptors (Lipinski definition) is 7. The van der Waals surface area contributed by atoms with Crippen molar-refractivity contribution in [2.24, 2.45) is 0 Å². The van der Waals surface area contributed by atoms with Crippen LogP contribution in [0.1, 0.15) is 16.2 Å². The molecule has 2 N–H and O–H groups in total. The molecule has 2 aromatic rings. The van der Waals surface area contributed by atoms with E-state index >= 15 is 0 Å². The highest BCUT2D eigenvalue weighted by molar-refractivity contribution is 5.92. The van der Waals surface area contributed by atoms with E-state index in [9.17, 15) is 9.90 Å². The lowest BCUT2D eigenvalue weighted by molar-refractivity contribution is -0.0772. The van der Waals surface area contributed by atoms with Crippen LogP contribution < -0.4 is 10.1 Å². The molecule has 3 rings (SSSR count). The Morgan fingerprint density at radius 3 is 2.96 bits per heavy atom. The summed E-state index contributed by atoms with van der Waals surface area (Å²) >= 11 is 0. The van der Waals surface area contributed by atoms with Crippen LogP contribution in [0.2, 0.25) is 0 Å². The summed E-state index contributed by atoms with van der Waals surface area (Å²) in [7, 11) is 1.90. The largest absolute Gasteiger partial charge is 0.486 e. The molecule has 26 heavy (non-hydrogen) atoms. The number of aromatic nitrogens is 1. The third kappa shape index (κ3) is 4.21. The minimum Gasteiger partial charge on any atom is -0.486 e. The lowest BCUT2D eigenvalue weighted by Gasteiger charge is -2.43. The first-order chi connectivity index (χ1) is 12.6. The third-order valence-corrected chi connectivity index (χ3v) is 4.54. The maximum Gasteiger partial charge on any atom is 0.273 e. The number of likely N-dealkylation sites (N-methyl/N-ethyl adjacent to an activating group) is 1. The Morgan fingerprint density at radius 2 is 2.23 bits per heavy atom. The van der Waals surface area contributed by atoms with Gasteiger partial charge in [0.1, 0.15) is 12.4 Å². The molecule has 0 aliphatic carbocycles. The molecule has 1 aromatic carbocycles. The number of aliphatic hydroxyl groups is 1. The summed E-state index contributed by atoms with van der Waals surface area (Å²) in [6, 6.07) is 10.9. The second-order valence-corrected chi connectivity index (χ2v) is 6.32. The average molecular weight is 361 g/mol. The number of ether oxygens (including phenoxy) is 2. The predicted octanol–water partition coefficient (Wildman–Crippen LogP) is 0.677. The molecule has 1 saturated heterocycles. The first-order valence-corrected chi connectivity index (χ1v) is 8.44. The van der Waals surface area contributed by atoms with E-state index in [0.717, 1.165) is 0 Å². The fourth-order valence-electron chi connectivity index (χ4n) is 2.71. The van der Waals surface area contributed by atoms with Crippen molar-refractivity contribution in [2.75, 3.05) is 40.0 Å². The molecule has 0 saturated carbocycles. The van der Waals surface area contributed by atoms with Crippen LogP contribution >= 0.6 is 0 Å². The van der Waals surface area contributed by atoms with Gasteiger partial charge in [-0.05, 0) is 19.2 Å². The molecule has 8 nitrogen and oxygen atoms in total. The molecule has 1 atom stereocenters. The second-order valence-electron chi connectivity index (χ2n) is 6.32. The summed E-state index contributed by atoms with van der Waals surface area (Å²) in [5.41, 5.74) is -0.458. The van der Waals surface area contributed by atoms with Gasteiger partial charge in [-0.25, -0.2) is 0 Å². The van der Waals surface area contributed by atoms with Gasteiger partial charge in [0, 0.05) is 19.2 Å². The first-order valence-electron chi connectivity index (χ1n) is 8.44. The van der Waals surface area contributed by atoms with Crippen molar-refractivity contribution in [3.8, 4) is 5.75 Å². The summed E-state index contributed by atoms with van der Waals surface area (Å²) in [5.74, 6) is 0.792. The van der Waals surface area contributed by atoms with Gasteiger partial charge in [-0.3, -0.25) is 9.69 Å². The highest BCUT2D eigenvalue weighted by Crippen LogP contribution is 2.17. The Bertz CT molecular complexity index is 721. The number of aliphatic hydroxyl groups excluding tert-OH is 1. The van der Waals surface area contributed by atoms with Crippen molar-refractivity contribution in [1.82, 2.24) is 15.4 Å². The number of nitrogens with one attached hydrogen (secondary N) is 1. The van der Waals surface area contributed by atoms with Crippen molar-refractivity contribution in [2.45, 2.75) is 12.1 Å². The van der Waals surface area contributed by atoms with Crippen LogP contribution in [0, 0.1) is 0 Å². The Morgan fingerprint density at radius 1 is 1.42 bits per heavy atom. The van der Waals surface area contributed by atoms with Crippen LogP contribution in [0.4, 0.5) is 0 Å². The number of nitrogens with zero attached hydrogens (tertiary/aromatic N) is 2. The lowest BCUT2D eigenvalue weighted by atomic mass is 9.98. The van der Waals surface area contributed by atoms with E-state index in [-0.39, 0.29) is 31.4 Å². The van der Waals surface area contributed by atoms with Gasteiger partial charge in [0.15, 0.2) is 11.5 Å². The SMILES string of the molecule is CN1CCOCC1(CO)CNC(=O)c1cc(COc2ccccc2)on1. The fourth-order valence-corrected chi connectivity index (χ4v) is 2.71. The zero-order valence-corrected chi connectivity index (χ0v) is 14.7. The second kappa shape index (κ2) is 8.31. The maximum absolute atomic E-state index is 12.3. The van der Waals surface area contributed by atoms with Crippen LogP contribution in [0.25, 0.3) is 0 Å². The third-order valence-electron chi connectivity index (χ3n) is 4.54. The van der Waals surface area contributed by atoms with E-state index < -0.39 is 5.54 Å². The molecule has 8 heteroatoms. The first kappa shape index (κ1) is 18.4. The fraction of sp³-hybridized carbons (Fsp3) is 0.444. The Hall–Kier alpha value is -2.42. The zero-order valence-electron chi connectivity index (χ0n) is 14.7. The van der Waals surface area contributed by atoms with Crippen LogP contribution in [0.5, 0.6) is 5.75 Å². The van der Waals surface area contributed by atoms with Gasteiger partial charge < -0.3 is 24.4 Å². The van der Waals surface area contributed by atoms with Crippen molar-refractivity contribution in [1.29, 1.82) is 0 Å². The minimum atomic E-state index is -0.628.